The van der Waals surface area contributed by atoms with Gasteiger partial charge < -0.3 is 35.6 Å². The van der Waals surface area contributed by atoms with Crippen LogP contribution in [0.15, 0.2) is 43.2 Å². The lowest BCUT2D eigenvalue weighted by Gasteiger charge is -2.26. The SMILES string of the molecule is [2H]C([2H])([2H])N(C)CCN(C)c1cc(OC)c(Nc2ncnc(Nc3cc(Cl)c(F)cc3C(C)(C)O)n2)cc1NC(=O)C=C. The van der Waals surface area contributed by atoms with Crippen LogP contribution in [-0.2, 0) is 10.4 Å². The van der Waals surface area contributed by atoms with Crippen molar-refractivity contribution in [2.45, 2.75) is 19.4 Å². The normalized spacial score (nSPS) is 12.7. The second kappa shape index (κ2) is 12.9. The molecule has 13 heteroatoms. The molecule has 4 N–H and O–H groups in total. The van der Waals surface area contributed by atoms with Gasteiger partial charge in [-0.3, -0.25) is 4.79 Å². The van der Waals surface area contributed by atoms with Crippen molar-refractivity contribution in [1.29, 1.82) is 0 Å². The number of nitrogens with zero attached hydrogens (tertiary/aromatic N) is 5. The number of amides is 1. The number of benzene rings is 2. The van der Waals surface area contributed by atoms with Gasteiger partial charge in [-0.1, -0.05) is 18.2 Å². The highest BCUT2D eigenvalue weighted by atomic mass is 35.5. The van der Waals surface area contributed by atoms with Crippen molar-refractivity contribution in [2.24, 2.45) is 0 Å². The van der Waals surface area contributed by atoms with E-state index in [0.717, 1.165) is 12.1 Å². The first-order chi connectivity index (χ1) is 20.0. The maximum atomic E-state index is 14.2. The van der Waals surface area contributed by atoms with Gasteiger partial charge in [0.15, 0.2) is 0 Å². The molecule has 3 aromatic rings. The molecule has 0 aliphatic heterocycles. The number of carbonyl (C=O) groups is 1. The molecule has 0 bridgehead atoms. The van der Waals surface area contributed by atoms with Crippen LogP contribution < -0.4 is 25.6 Å². The summed E-state index contributed by atoms with van der Waals surface area (Å²) in [6.45, 7) is 4.81. The molecule has 0 radical (unpaired) electrons. The van der Waals surface area contributed by atoms with E-state index in [1.165, 1.54) is 45.3 Å². The average molecular weight is 576 g/mol. The maximum absolute atomic E-state index is 14.2. The van der Waals surface area contributed by atoms with Crippen molar-refractivity contribution in [3.63, 3.8) is 0 Å². The quantitative estimate of drug-likeness (QED) is 0.229. The predicted molar refractivity (Wildman–Crippen MR) is 157 cm³/mol. The molecule has 214 valence electrons. The molecular weight excluding hydrogens is 539 g/mol. The van der Waals surface area contributed by atoms with Gasteiger partial charge in [-0.2, -0.15) is 4.98 Å². The summed E-state index contributed by atoms with van der Waals surface area (Å²) in [7, 11) is 4.72. The molecule has 1 aromatic heterocycles. The molecule has 1 heterocycles. The van der Waals surface area contributed by atoms with Gasteiger partial charge >= 0.3 is 0 Å². The highest BCUT2D eigenvalue weighted by Crippen LogP contribution is 2.38. The van der Waals surface area contributed by atoms with Gasteiger partial charge in [0.05, 0.1) is 34.8 Å². The van der Waals surface area contributed by atoms with E-state index < -0.39 is 24.3 Å². The van der Waals surface area contributed by atoms with Gasteiger partial charge in [0, 0.05) is 41.6 Å². The zero-order valence-electron chi connectivity index (χ0n) is 25.8. The number of ether oxygens (including phenoxy) is 1. The lowest BCUT2D eigenvalue weighted by molar-refractivity contribution is -0.111. The number of carbonyl (C=O) groups excluding carboxylic acids is 1. The average Bonchev–Trinajstić information content (AvgIpc) is 2.92. The summed E-state index contributed by atoms with van der Waals surface area (Å²) in [5.74, 6) is -0.619. The third-order valence-corrected chi connectivity index (χ3v) is 6.02. The minimum absolute atomic E-state index is 0.0690. The highest BCUT2D eigenvalue weighted by molar-refractivity contribution is 6.31. The van der Waals surface area contributed by atoms with Crippen LogP contribution in [0, 0.1) is 5.82 Å². The summed E-state index contributed by atoms with van der Waals surface area (Å²) in [6.07, 6.45) is 2.36. The van der Waals surface area contributed by atoms with Crippen molar-refractivity contribution in [3.05, 3.63) is 59.7 Å². The van der Waals surface area contributed by atoms with Crippen LogP contribution in [0.2, 0.25) is 5.02 Å². The van der Waals surface area contributed by atoms with Crippen LogP contribution in [0.4, 0.5) is 39.0 Å². The minimum atomic E-state index is -2.25. The van der Waals surface area contributed by atoms with Gasteiger partial charge in [0.25, 0.3) is 0 Å². The number of hydrogen-bond donors (Lipinski definition) is 4. The molecule has 0 atom stereocenters. The summed E-state index contributed by atoms with van der Waals surface area (Å²) in [4.78, 5) is 27.9. The Morgan fingerprint density at radius 3 is 2.45 bits per heavy atom. The molecule has 1 amide bonds. The van der Waals surface area contributed by atoms with E-state index in [2.05, 4.69) is 37.5 Å². The lowest BCUT2D eigenvalue weighted by atomic mass is 9.96. The zero-order valence-corrected chi connectivity index (χ0v) is 23.6. The summed E-state index contributed by atoms with van der Waals surface area (Å²) < 4.78 is 42.5. The highest BCUT2D eigenvalue weighted by Gasteiger charge is 2.23. The second-order valence-electron chi connectivity index (χ2n) is 9.36. The van der Waals surface area contributed by atoms with Gasteiger partial charge in [-0.25, -0.2) is 14.4 Å². The van der Waals surface area contributed by atoms with Gasteiger partial charge in [-0.05, 0) is 52.1 Å². The van der Waals surface area contributed by atoms with Gasteiger partial charge in [0.2, 0.25) is 17.8 Å². The number of rotatable bonds is 12. The van der Waals surface area contributed by atoms with Crippen LogP contribution >= 0.6 is 11.6 Å². The molecule has 0 aliphatic carbocycles. The van der Waals surface area contributed by atoms with Crippen LogP contribution in [0.5, 0.6) is 5.75 Å². The molecule has 11 nitrogen and oxygen atoms in total. The molecule has 2 aromatic carbocycles. The fourth-order valence-electron chi connectivity index (χ4n) is 3.67. The maximum Gasteiger partial charge on any atom is 0.247 e. The number of aliphatic hydroxyl groups is 1. The summed E-state index contributed by atoms with van der Waals surface area (Å²) in [6, 6.07) is 5.74. The minimum Gasteiger partial charge on any atom is -0.494 e. The molecule has 0 fully saturated rings. The summed E-state index contributed by atoms with van der Waals surface area (Å²) >= 11 is 5.98. The predicted octanol–water partition coefficient (Wildman–Crippen LogP) is 4.51. The molecular formula is C27H34ClFN8O3. The van der Waals surface area contributed by atoms with Crippen molar-refractivity contribution in [2.75, 3.05) is 62.1 Å². The standard InChI is InChI=1S/C27H34ClFN8O3/c1-8-24(38)32-20-13-21(23(40-7)14-22(20)37(6)10-9-36(4)5)34-26-31-15-30-25(35-26)33-19-12-17(28)18(29)11-16(19)27(2,3)39/h8,11-15,39H,1,9-10H2,2-7H3,(H,32,38)(H2,30,31,33,34,35)/i4D3. The molecule has 0 aliphatic rings. The van der Waals surface area contributed by atoms with E-state index >= 15 is 0 Å². The largest absolute Gasteiger partial charge is 0.494 e. The first-order valence-electron chi connectivity index (χ1n) is 13.6. The number of anilines is 6. The lowest BCUT2D eigenvalue weighted by Crippen LogP contribution is -2.29. The van der Waals surface area contributed by atoms with Gasteiger partial charge in [-0.15, -0.1) is 0 Å². The molecule has 3 rings (SSSR count). The van der Waals surface area contributed by atoms with Crippen LogP contribution in [0.1, 0.15) is 23.5 Å². The third-order valence-electron chi connectivity index (χ3n) is 5.73. The van der Waals surface area contributed by atoms with Crippen molar-refractivity contribution in [3.8, 4) is 5.75 Å². The Kier molecular flexibility index (Phi) is 8.46. The molecule has 0 spiro atoms. The first kappa shape index (κ1) is 26.2. The fourth-order valence-corrected chi connectivity index (χ4v) is 3.83. The Bertz CT molecular complexity index is 1490. The number of aromatic nitrogens is 3. The fraction of sp³-hybridized carbons (Fsp3) is 0.333. The van der Waals surface area contributed by atoms with Gasteiger partial charge in [0.1, 0.15) is 17.9 Å². The number of halogens is 2. The Hall–Kier alpha value is -4.00. The second-order valence-corrected chi connectivity index (χ2v) is 9.77. The number of likely N-dealkylation sites (N-methyl/N-ethyl adjacent to an activating group) is 2. The van der Waals surface area contributed by atoms with E-state index in [1.807, 2.05) is 0 Å². The monoisotopic (exact) mass is 575 g/mol. The summed E-state index contributed by atoms with van der Waals surface area (Å²) in [5.41, 5.74) is 0.450. The Labute approximate surface area is 242 Å². The molecule has 0 unspecified atom stereocenters. The van der Waals surface area contributed by atoms with E-state index in [0.29, 0.717) is 35.0 Å². The van der Waals surface area contributed by atoms with E-state index in [-0.39, 0.29) is 29.0 Å². The Morgan fingerprint density at radius 1 is 1.18 bits per heavy atom. The van der Waals surface area contributed by atoms with Crippen LogP contribution in [-0.4, -0.2) is 72.1 Å². The van der Waals surface area contributed by atoms with E-state index in [4.69, 9.17) is 20.5 Å². The van der Waals surface area contributed by atoms with Crippen LogP contribution in [0.25, 0.3) is 0 Å². The van der Waals surface area contributed by atoms with E-state index in [1.54, 1.807) is 24.1 Å². The first-order valence-corrected chi connectivity index (χ1v) is 12.4. The number of hydrogen-bond acceptors (Lipinski definition) is 10. The Morgan fingerprint density at radius 2 is 1.85 bits per heavy atom. The molecule has 40 heavy (non-hydrogen) atoms. The summed E-state index contributed by atoms with van der Waals surface area (Å²) in [5, 5.41) is 19.1. The number of nitrogens with one attached hydrogen (secondary N) is 3. The van der Waals surface area contributed by atoms with Crippen molar-refractivity contribution >= 4 is 52.2 Å². The number of methoxy groups -OCH3 is 1. The van der Waals surface area contributed by atoms with E-state index in [9.17, 15) is 14.3 Å². The van der Waals surface area contributed by atoms with Crippen LogP contribution in [0.3, 0.4) is 0 Å². The molecule has 0 saturated heterocycles. The van der Waals surface area contributed by atoms with Crippen molar-refractivity contribution < 1.29 is 23.1 Å². The Balaban J connectivity index is 1.95. The topological polar surface area (TPSA) is 128 Å². The zero-order chi connectivity index (χ0) is 32.1. The smallest absolute Gasteiger partial charge is 0.247 e. The van der Waals surface area contributed by atoms with Crippen molar-refractivity contribution in [1.82, 2.24) is 19.9 Å². The molecule has 0 saturated carbocycles. The third kappa shape index (κ3) is 7.78.